The van der Waals surface area contributed by atoms with Crippen molar-refractivity contribution < 1.29 is 5.11 Å². The second-order valence-electron chi connectivity index (χ2n) is 3.36. The van der Waals surface area contributed by atoms with E-state index in [1.165, 1.54) is 0 Å². The zero-order valence-electron chi connectivity index (χ0n) is 8.46. The maximum atomic E-state index is 9.47. The van der Waals surface area contributed by atoms with Gasteiger partial charge < -0.3 is 9.67 Å². The highest BCUT2D eigenvalue weighted by Crippen LogP contribution is 2.24. The molecule has 0 radical (unpaired) electrons. The molecule has 0 amide bonds. The largest absolute Gasteiger partial charge is 0.506 e. The van der Waals surface area contributed by atoms with E-state index in [9.17, 15) is 5.11 Å². The minimum absolute atomic E-state index is 0.199. The van der Waals surface area contributed by atoms with Crippen LogP contribution in [0.1, 0.15) is 5.56 Å². The third kappa shape index (κ3) is 2.26. The molecule has 0 aliphatic rings. The lowest BCUT2D eigenvalue weighted by Gasteiger charge is -1.95. The highest BCUT2D eigenvalue weighted by Gasteiger charge is 1.95. The van der Waals surface area contributed by atoms with E-state index in [1.807, 2.05) is 36.1 Å². The number of hydrogen-bond donors (Lipinski definition) is 1. The molecule has 0 fully saturated rings. The monoisotopic (exact) mass is 200 g/mol. The molecule has 1 N–H and O–H groups in total. The van der Waals surface area contributed by atoms with Crippen molar-refractivity contribution in [2.75, 3.05) is 0 Å². The third-order valence-corrected chi connectivity index (χ3v) is 2.09. The normalized spacial score (nSPS) is 11.0. The fourth-order valence-corrected chi connectivity index (χ4v) is 1.32. The van der Waals surface area contributed by atoms with Gasteiger partial charge in [0.05, 0.1) is 0 Å². The van der Waals surface area contributed by atoms with E-state index in [1.54, 1.807) is 24.4 Å². The Hall–Kier alpha value is -2.03. The molecule has 15 heavy (non-hydrogen) atoms. The molecule has 0 saturated carbocycles. The number of aromatic hydroxyl groups is 1. The van der Waals surface area contributed by atoms with Crippen LogP contribution in [0, 0.1) is 0 Å². The lowest BCUT2D eigenvalue weighted by molar-refractivity contribution is 0.477. The van der Waals surface area contributed by atoms with Crippen LogP contribution in [-0.4, -0.2) is 15.9 Å². The number of aryl methyl sites for hydroxylation is 1. The first-order valence-electron chi connectivity index (χ1n) is 4.70. The molecule has 0 saturated heterocycles. The van der Waals surface area contributed by atoms with Crippen molar-refractivity contribution in [3.05, 3.63) is 48.3 Å². The Labute approximate surface area is 88.3 Å². The number of phenols is 1. The Morgan fingerprint density at radius 3 is 2.73 bits per heavy atom. The summed E-state index contributed by atoms with van der Waals surface area (Å²) >= 11 is 0. The summed E-state index contributed by atoms with van der Waals surface area (Å²) in [4.78, 5) is 4.20. The first-order chi connectivity index (χ1) is 7.25. The van der Waals surface area contributed by atoms with E-state index < -0.39 is 0 Å². The molecule has 2 aromatic rings. The van der Waals surface area contributed by atoms with Crippen LogP contribution in [0.4, 0.5) is 5.69 Å². The van der Waals surface area contributed by atoms with E-state index in [-0.39, 0.29) is 5.75 Å². The van der Waals surface area contributed by atoms with Crippen LogP contribution in [0.3, 0.4) is 0 Å². The lowest BCUT2D eigenvalue weighted by Crippen LogP contribution is -1.79. The number of para-hydroxylation sites is 2. The van der Waals surface area contributed by atoms with Crippen LogP contribution >= 0.6 is 0 Å². The first-order valence-corrected chi connectivity index (χ1v) is 4.70. The van der Waals surface area contributed by atoms with Gasteiger partial charge in [-0.15, -0.1) is 0 Å². The number of phenolic OH excluding ortho intramolecular Hbond substituents is 1. The van der Waals surface area contributed by atoms with Gasteiger partial charge in [0.2, 0.25) is 0 Å². The van der Waals surface area contributed by atoms with Gasteiger partial charge in [0, 0.05) is 31.2 Å². The average molecular weight is 200 g/mol. The van der Waals surface area contributed by atoms with Gasteiger partial charge in [-0.2, -0.15) is 0 Å². The van der Waals surface area contributed by atoms with Gasteiger partial charge in [-0.25, -0.2) is 0 Å². The smallest absolute Gasteiger partial charge is 0.141 e. The Morgan fingerprint density at radius 1 is 1.27 bits per heavy atom. The minimum atomic E-state index is 0.199. The fourth-order valence-electron chi connectivity index (χ4n) is 1.32. The van der Waals surface area contributed by atoms with E-state index in [0.29, 0.717) is 5.69 Å². The SMILES string of the molecule is Cn1ccc(C=Nc2ccccc2O)c1. The molecular weight excluding hydrogens is 188 g/mol. The third-order valence-electron chi connectivity index (χ3n) is 2.09. The Morgan fingerprint density at radius 2 is 2.07 bits per heavy atom. The molecule has 1 aromatic carbocycles. The second kappa shape index (κ2) is 4.00. The number of aromatic nitrogens is 1. The summed E-state index contributed by atoms with van der Waals surface area (Å²) in [5.74, 6) is 0.199. The van der Waals surface area contributed by atoms with Crippen molar-refractivity contribution in [2.24, 2.45) is 12.0 Å². The second-order valence-corrected chi connectivity index (χ2v) is 3.36. The Bertz CT molecular complexity index is 486. The van der Waals surface area contributed by atoms with E-state index in [2.05, 4.69) is 4.99 Å². The average Bonchev–Trinajstić information content (AvgIpc) is 2.63. The molecule has 0 unspecified atom stereocenters. The van der Waals surface area contributed by atoms with Gasteiger partial charge in [-0.1, -0.05) is 12.1 Å². The molecule has 3 heteroatoms. The van der Waals surface area contributed by atoms with Crippen molar-refractivity contribution in [3.63, 3.8) is 0 Å². The van der Waals surface area contributed by atoms with Crippen molar-refractivity contribution in [3.8, 4) is 5.75 Å². The van der Waals surface area contributed by atoms with Crippen molar-refractivity contribution in [1.82, 2.24) is 4.57 Å². The zero-order chi connectivity index (χ0) is 10.7. The highest BCUT2D eigenvalue weighted by atomic mass is 16.3. The molecule has 1 heterocycles. The molecule has 0 aliphatic carbocycles. The summed E-state index contributed by atoms with van der Waals surface area (Å²) in [5.41, 5.74) is 1.60. The lowest BCUT2D eigenvalue weighted by atomic mass is 10.3. The quantitative estimate of drug-likeness (QED) is 0.743. The maximum Gasteiger partial charge on any atom is 0.141 e. The standard InChI is InChI=1S/C12H12N2O/c1-14-7-6-10(9-14)8-13-11-4-2-3-5-12(11)15/h2-9,15H,1H3. The number of aliphatic imine (C=N–C) groups is 1. The molecule has 76 valence electrons. The van der Waals surface area contributed by atoms with Gasteiger partial charge in [-0.3, -0.25) is 4.99 Å². The minimum Gasteiger partial charge on any atom is -0.506 e. The van der Waals surface area contributed by atoms with Gasteiger partial charge in [0.1, 0.15) is 11.4 Å². The number of hydrogen-bond acceptors (Lipinski definition) is 2. The van der Waals surface area contributed by atoms with Crippen LogP contribution in [0.2, 0.25) is 0 Å². The van der Waals surface area contributed by atoms with Crippen LogP contribution in [-0.2, 0) is 7.05 Å². The number of rotatable bonds is 2. The maximum absolute atomic E-state index is 9.47. The summed E-state index contributed by atoms with van der Waals surface area (Å²) in [6, 6.07) is 8.98. The molecule has 2 rings (SSSR count). The van der Waals surface area contributed by atoms with Gasteiger partial charge in [0.25, 0.3) is 0 Å². The Balaban J connectivity index is 2.22. The number of nitrogens with zero attached hydrogens (tertiary/aromatic N) is 2. The number of benzene rings is 1. The fraction of sp³-hybridized carbons (Fsp3) is 0.0833. The molecular formula is C12H12N2O. The molecule has 0 atom stereocenters. The predicted octanol–water partition coefficient (Wildman–Crippen LogP) is 2.48. The van der Waals surface area contributed by atoms with Crippen LogP contribution in [0.5, 0.6) is 5.75 Å². The molecule has 3 nitrogen and oxygen atoms in total. The topological polar surface area (TPSA) is 37.5 Å². The molecule has 0 aliphatic heterocycles. The summed E-state index contributed by atoms with van der Waals surface area (Å²) in [7, 11) is 1.96. The van der Waals surface area contributed by atoms with Gasteiger partial charge in [0.15, 0.2) is 0 Å². The summed E-state index contributed by atoms with van der Waals surface area (Å²) in [6.45, 7) is 0. The predicted molar refractivity (Wildman–Crippen MR) is 60.8 cm³/mol. The summed E-state index contributed by atoms with van der Waals surface area (Å²) in [5, 5.41) is 9.47. The molecule has 1 aromatic heterocycles. The highest BCUT2D eigenvalue weighted by molar-refractivity contribution is 5.82. The van der Waals surface area contributed by atoms with Crippen molar-refractivity contribution in [1.29, 1.82) is 0 Å². The van der Waals surface area contributed by atoms with Gasteiger partial charge in [-0.05, 0) is 18.2 Å². The summed E-state index contributed by atoms with van der Waals surface area (Å²) in [6.07, 6.45) is 5.64. The van der Waals surface area contributed by atoms with Crippen LogP contribution < -0.4 is 0 Å². The zero-order valence-corrected chi connectivity index (χ0v) is 8.46. The van der Waals surface area contributed by atoms with Crippen molar-refractivity contribution >= 4 is 11.9 Å². The van der Waals surface area contributed by atoms with Crippen molar-refractivity contribution in [2.45, 2.75) is 0 Å². The molecule has 0 spiro atoms. The van der Waals surface area contributed by atoms with E-state index >= 15 is 0 Å². The van der Waals surface area contributed by atoms with Crippen LogP contribution in [0.15, 0.2) is 47.7 Å². The Kier molecular flexibility index (Phi) is 2.54. The first kappa shape index (κ1) is 9.52. The van der Waals surface area contributed by atoms with E-state index in [4.69, 9.17) is 0 Å². The summed E-state index contributed by atoms with van der Waals surface area (Å²) < 4.78 is 1.95. The van der Waals surface area contributed by atoms with Crippen LogP contribution in [0.25, 0.3) is 0 Å². The van der Waals surface area contributed by atoms with E-state index in [0.717, 1.165) is 5.56 Å². The molecule has 0 bridgehead atoms. The van der Waals surface area contributed by atoms with Gasteiger partial charge >= 0.3 is 0 Å².